The van der Waals surface area contributed by atoms with Crippen molar-refractivity contribution in [2.24, 2.45) is 0 Å². The number of thioether (sulfide) groups is 1. The minimum Gasteiger partial charge on any atom is -0.440 e. The summed E-state index contributed by atoms with van der Waals surface area (Å²) in [5.74, 6) is -0.0835. The van der Waals surface area contributed by atoms with Crippen LogP contribution in [0, 0.1) is 0 Å². The first-order chi connectivity index (χ1) is 8.58. The van der Waals surface area contributed by atoms with Gasteiger partial charge in [-0.15, -0.1) is 0 Å². The Labute approximate surface area is 118 Å². The molecule has 0 saturated heterocycles. The molecular weight excluding hydrogens is 293 g/mol. The van der Waals surface area contributed by atoms with Gasteiger partial charge in [0.25, 0.3) is 5.22 Å². The Morgan fingerprint density at radius 3 is 2.83 bits per heavy atom. The molecule has 0 saturated carbocycles. The first-order valence-corrected chi connectivity index (χ1v) is 6.77. The summed E-state index contributed by atoms with van der Waals surface area (Å²) in [4.78, 5) is 16.1. The molecule has 2 rings (SSSR count). The summed E-state index contributed by atoms with van der Waals surface area (Å²) in [5, 5.41) is 0.986. The van der Waals surface area contributed by atoms with E-state index in [0.717, 1.165) is 0 Å². The third-order valence-corrected chi connectivity index (χ3v) is 3.77. The Morgan fingerprint density at radius 1 is 1.44 bits per heavy atom. The zero-order chi connectivity index (χ0) is 13.1. The summed E-state index contributed by atoms with van der Waals surface area (Å²) in [6.45, 7) is 1.78. The highest BCUT2D eigenvalue weighted by molar-refractivity contribution is 8.00. The van der Waals surface area contributed by atoms with Gasteiger partial charge in [0.1, 0.15) is 6.26 Å². The van der Waals surface area contributed by atoms with E-state index >= 15 is 0 Å². The number of carbonyl (C=O) groups excluding carboxylic acids is 1. The van der Waals surface area contributed by atoms with Crippen LogP contribution in [0.1, 0.15) is 17.3 Å². The van der Waals surface area contributed by atoms with Crippen molar-refractivity contribution in [1.82, 2.24) is 4.98 Å². The van der Waals surface area contributed by atoms with Gasteiger partial charge in [-0.2, -0.15) is 0 Å². The van der Waals surface area contributed by atoms with Gasteiger partial charge in [-0.3, -0.25) is 4.79 Å². The van der Waals surface area contributed by atoms with Crippen LogP contribution < -0.4 is 0 Å². The predicted octanol–water partition coefficient (Wildman–Crippen LogP) is 4.34. The SMILES string of the molecule is CC(Sc1ncco1)C(=O)c1ccc(Cl)cc1Cl. The van der Waals surface area contributed by atoms with E-state index in [4.69, 9.17) is 27.6 Å². The van der Waals surface area contributed by atoms with Gasteiger partial charge in [-0.05, 0) is 25.1 Å². The maximum absolute atomic E-state index is 12.2. The molecule has 1 aromatic heterocycles. The van der Waals surface area contributed by atoms with Crippen molar-refractivity contribution < 1.29 is 9.21 Å². The van der Waals surface area contributed by atoms with Crippen LogP contribution in [0.4, 0.5) is 0 Å². The number of oxazole rings is 1. The maximum atomic E-state index is 12.2. The molecule has 18 heavy (non-hydrogen) atoms. The number of carbonyl (C=O) groups is 1. The van der Waals surface area contributed by atoms with E-state index in [2.05, 4.69) is 4.98 Å². The zero-order valence-corrected chi connectivity index (χ0v) is 11.7. The summed E-state index contributed by atoms with van der Waals surface area (Å²) < 4.78 is 5.09. The van der Waals surface area contributed by atoms with Crippen LogP contribution in [0.5, 0.6) is 0 Å². The molecule has 2 aromatic rings. The normalized spacial score (nSPS) is 12.4. The van der Waals surface area contributed by atoms with E-state index in [1.165, 1.54) is 24.2 Å². The molecule has 1 atom stereocenters. The van der Waals surface area contributed by atoms with Gasteiger partial charge in [0.05, 0.1) is 16.5 Å². The number of nitrogens with zero attached hydrogens (tertiary/aromatic N) is 1. The Hall–Kier alpha value is -0.970. The summed E-state index contributed by atoms with van der Waals surface area (Å²) in [5.41, 5.74) is 0.452. The Morgan fingerprint density at radius 2 is 2.22 bits per heavy atom. The average Bonchev–Trinajstić information content (AvgIpc) is 2.81. The molecule has 94 valence electrons. The molecule has 0 N–H and O–H groups in total. The van der Waals surface area contributed by atoms with Gasteiger partial charge in [0.15, 0.2) is 5.78 Å². The van der Waals surface area contributed by atoms with E-state index in [1.54, 1.807) is 25.1 Å². The lowest BCUT2D eigenvalue weighted by atomic mass is 10.1. The van der Waals surface area contributed by atoms with E-state index in [9.17, 15) is 4.79 Å². The van der Waals surface area contributed by atoms with Gasteiger partial charge in [0, 0.05) is 10.6 Å². The summed E-state index contributed by atoms with van der Waals surface area (Å²) in [7, 11) is 0. The first kappa shape index (κ1) is 13.5. The quantitative estimate of drug-likeness (QED) is 0.622. The molecule has 0 bridgehead atoms. The van der Waals surface area contributed by atoms with Gasteiger partial charge in [-0.1, -0.05) is 35.0 Å². The highest BCUT2D eigenvalue weighted by Crippen LogP contribution is 2.28. The lowest BCUT2D eigenvalue weighted by Gasteiger charge is -2.09. The molecule has 0 amide bonds. The largest absolute Gasteiger partial charge is 0.440 e. The van der Waals surface area contributed by atoms with Crippen molar-refractivity contribution in [3.8, 4) is 0 Å². The van der Waals surface area contributed by atoms with Crippen LogP contribution in [0.3, 0.4) is 0 Å². The van der Waals surface area contributed by atoms with Gasteiger partial charge >= 0.3 is 0 Å². The standard InChI is InChI=1S/C12H9Cl2NO2S/c1-7(18-12-15-4-5-17-12)11(16)9-3-2-8(13)6-10(9)14/h2-7H,1H3. The highest BCUT2D eigenvalue weighted by atomic mass is 35.5. The Balaban J connectivity index is 2.15. The number of Topliss-reactive ketones (excluding diaryl/α,β-unsaturated/α-hetero) is 1. The predicted molar refractivity (Wildman–Crippen MR) is 72.6 cm³/mol. The smallest absolute Gasteiger partial charge is 0.256 e. The molecule has 0 radical (unpaired) electrons. The molecule has 0 spiro atoms. The molecule has 0 aliphatic heterocycles. The number of benzene rings is 1. The van der Waals surface area contributed by atoms with Crippen LogP contribution in [0.15, 0.2) is 40.3 Å². The third kappa shape index (κ3) is 3.07. The number of halogens is 2. The molecule has 3 nitrogen and oxygen atoms in total. The second-order valence-electron chi connectivity index (χ2n) is 3.55. The van der Waals surface area contributed by atoms with Crippen molar-refractivity contribution in [3.05, 3.63) is 46.3 Å². The molecule has 6 heteroatoms. The second kappa shape index (κ2) is 5.78. The topological polar surface area (TPSA) is 43.1 Å². The fourth-order valence-corrected chi connectivity index (χ4v) is 2.65. The maximum Gasteiger partial charge on any atom is 0.256 e. The lowest BCUT2D eigenvalue weighted by Crippen LogP contribution is -2.14. The molecule has 0 fully saturated rings. The number of rotatable bonds is 4. The van der Waals surface area contributed by atoms with E-state index in [1.807, 2.05) is 0 Å². The van der Waals surface area contributed by atoms with E-state index in [-0.39, 0.29) is 11.0 Å². The molecule has 1 aromatic carbocycles. The minimum atomic E-state index is -0.331. The molecule has 0 aliphatic rings. The van der Waals surface area contributed by atoms with Crippen molar-refractivity contribution in [2.45, 2.75) is 17.4 Å². The Bertz CT molecular complexity index is 557. The van der Waals surface area contributed by atoms with Crippen molar-refractivity contribution in [2.75, 3.05) is 0 Å². The monoisotopic (exact) mass is 301 g/mol. The minimum absolute atomic E-state index is 0.0835. The highest BCUT2D eigenvalue weighted by Gasteiger charge is 2.20. The second-order valence-corrected chi connectivity index (χ2v) is 5.68. The fraction of sp³-hybridized carbons (Fsp3) is 0.167. The third-order valence-electron chi connectivity index (χ3n) is 2.25. The van der Waals surface area contributed by atoms with Gasteiger partial charge < -0.3 is 4.42 Å². The van der Waals surface area contributed by atoms with Crippen molar-refractivity contribution >= 4 is 40.7 Å². The van der Waals surface area contributed by atoms with Crippen LogP contribution in [0.25, 0.3) is 0 Å². The first-order valence-electron chi connectivity index (χ1n) is 5.13. The van der Waals surface area contributed by atoms with Gasteiger partial charge in [-0.25, -0.2) is 4.98 Å². The van der Waals surface area contributed by atoms with Crippen molar-refractivity contribution in [1.29, 1.82) is 0 Å². The lowest BCUT2D eigenvalue weighted by molar-refractivity contribution is 0.0993. The van der Waals surface area contributed by atoms with Crippen LogP contribution in [-0.2, 0) is 0 Å². The van der Waals surface area contributed by atoms with E-state index in [0.29, 0.717) is 20.8 Å². The van der Waals surface area contributed by atoms with Crippen molar-refractivity contribution in [3.63, 3.8) is 0 Å². The molecule has 1 unspecified atom stereocenters. The Kier molecular flexibility index (Phi) is 4.32. The van der Waals surface area contributed by atoms with Crippen LogP contribution in [-0.4, -0.2) is 16.0 Å². The zero-order valence-electron chi connectivity index (χ0n) is 9.39. The van der Waals surface area contributed by atoms with E-state index < -0.39 is 0 Å². The summed E-state index contributed by atoms with van der Waals surface area (Å²) in [6.07, 6.45) is 3.00. The number of hydrogen-bond acceptors (Lipinski definition) is 4. The molecular formula is C12H9Cl2NO2S. The molecule has 1 heterocycles. The summed E-state index contributed by atoms with van der Waals surface area (Å²) in [6, 6.07) is 4.82. The fourth-order valence-electron chi connectivity index (χ4n) is 1.38. The van der Waals surface area contributed by atoms with Crippen LogP contribution >= 0.6 is 35.0 Å². The summed E-state index contributed by atoms with van der Waals surface area (Å²) >= 11 is 13.0. The number of aromatic nitrogens is 1. The average molecular weight is 302 g/mol. The van der Waals surface area contributed by atoms with Crippen LogP contribution in [0.2, 0.25) is 10.0 Å². The number of ketones is 1. The van der Waals surface area contributed by atoms with Gasteiger partial charge in [0.2, 0.25) is 0 Å². The number of hydrogen-bond donors (Lipinski definition) is 0. The molecule has 0 aliphatic carbocycles.